The van der Waals surface area contributed by atoms with Gasteiger partial charge in [0.25, 0.3) is 0 Å². The van der Waals surface area contributed by atoms with Gasteiger partial charge >= 0.3 is 0 Å². The molecule has 0 saturated heterocycles. The normalized spacial score (nSPS) is 11.5. The van der Waals surface area contributed by atoms with Crippen molar-refractivity contribution in [1.29, 1.82) is 0 Å². The van der Waals surface area contributed by atoms with E-state index in [0.717, 1.165) is 45.3 Å². The summed E-state index contributed by atoms with van der Waals surface area (Å²) in [5.41, 5.74) is 18.5. The Morgan fingerprint density at radius 3 is 0.887 bits per heavy atom. The zero-order valence-electron chi connectivity index (χ0n) is 36.9. The zero-order valence-corrected chi connectivity index (χ0v) is 36.9. The van der Waals surface area contributed by atoms with Crippen LogP contribution in [0.5, 0.6) is 0 Å². The highest BCUT2D eigenvalue weighted by Crippen LogP contribution is 2.41. The Labute approximate surface area is 369 Å². The predicted molar refractivity (Wildman–Crippen MR) is 268 cm³/mol. The Hall–Kier alpha value is -7.16. The highest BCUT2D eigenvalue weighted by Gasteiger charge is 2.25. The Balaban J connectivity index is 1.07. The van der Waals surface area contributed by atoms with Gasteiger partial charge in [-0.2, -0.15) is 0 Å². The molecule has 0 N–H and O–H groups in total. The molecule has 0 atom stereocenters. The van der Waals surface area contributed by atoms with Crippen LogP contribution in [0.25, 0.3) is 23.3 Å². The van der Waals surface area contributed by atoms with E-state index < -0.39 is 0 Å². The van der Waals surface area contributed by atoms with Crippen molar-refractivity contribution in [1.82, 2.24) is 0 Å². The molecule has 2 heteroatoms. The van der Waals surface area contributed by atoms with Crippen LogP contribution in [-0.4, -0.2) is 0 Å². The van der Waals surface area contributed by atoms with Gasteiger partial charge in [0.15, 0.2) is 0 Å². The highest BCUT2D eigenvalue weighted by atomic mass is 15.1. The lowest BCUT2D eigenvalue weighted by atomic mass is 9.78. The molecule has 0 aliphatic rings. The van der Waals surface area contributed by atoms with E-state index in [0.29, 0.717) is 0 Å². The lowest BCUT2D eigenvalue weighted by Gasteiger charge is -2.29. The predicted octanol–water partition coefficient (Wildman–Crippen LogP) is 16.8. The summed E-state index contributed by atoms with van der Waals surface area (Å²) in [6, 6.07) is 70.9. The Morgan fingerprint density at radius 2 is 0.613 bits per heavy atom. The van der Waals surface area contributed by atoms with Crippen LogP contribution in [0.1, 0.15) is 72.2 Å². The quantitative estimate of drug-likeness (QED) is 0.115. The number of anilines is 6. The second-order valence-corrected chi connectivity index (χ2v) is 17.4. The molecule has 8 aromatic rings. The van der Waals surface area contributed by atoms with Crippen molar-refractivity contribution >= 4 is 46.3 Å². The fraction of sp³-hybridized carbons (Fsp3) is 0.133. The third kappa shape index (κ3) is 8.55. The minimum atomic E-state index is -0.151. The van der Waals surface area contributed by atoms with E-state index in [4.69, 9.17) is 0 Å². The monoisotopic (exact) mass is 804 g/mol. The summed E-state index contributed by atoms with van der Waals surface area (Å²) in [7, 11) is 0. The first-order valence-corrected chi connectivity index (χ1v) is 21.6. The largest absolute Gasteiger partial charge is 0.310 e. The van der Waals surface area contributed by atoms with Gasteiger partial charge in [-0.15, -0.1) is 0 Å². The fourth-order valence-electron chi connectivity index (χ4n) is 8.49. The van der Waals surface area contributed by atoms with E-state index in [-0.39, 0.29) is 10.8 Å². The minimum absolute atomic E-state index is 0.151. The second kappa shape index (κ2) is 17.4. The summed E-state index contributed by atoms with van der Waals surface area (Å²) in [6.07, 6.45) is 3.78. The van der Waals surface area contributed by atoms with Crippen molar-refractivity contribution in [2.75, 3.05) is 9.80 Å². The molecule has 8 aromatic carbocycles. The first kappa shape index (κ1) is 41.6. The van der Waals surface area contributed by atoms with Crippen LogP contribution in [0.15, 0.2) is 207 Å². The first-order valence-electron chi connectivity index (χ1n) is 21.6. The lowest BCUT2D eigenvalue weighted by Crippen LogP contribution is -2.19. The maximum Gasteiger partial charge on any atom is 0.0464 e. The molecule has 0 aliphatic carbocycles. The van der Waals surface area contributed by atoms with Crippen LogP contribution >= 0.6 is 0 Å². The molecule has 0 bridgehead atoms. The Morgan fingerprint density at radius 1 is 0.339 bits per heavy atom. The third-order valence-electron chi connectivity index (χ3n) is 12.5. The van der Waals surface area contributed by atoms with E-state index in [9.17, 15) is 0 Å². The number of rotatable bonds is 13. The number of hydrogen-bond donors (Lipinski definition) is 0. The summed E-state index contributed by atoms with van der Waals surface area (Å²) >= 11 is 0. The van der Waals surface area contributed by atoms with Crippen molar-refractivity contribution in [3.63, 3.8) is 0 Å². The fourth-order valence-corrected chi connectivity index (χ4v) is 8.49. The molecular weight excluding hydrogens is 749 g/mol. The van der Waals surface area contributed by atoms with Gasteiger partial charge in [-0.05, 0) is 142 Å². The zero-order chi connectivity index (χ0) is 43.4. The topological polar surface area (TPSA) is 6.48 Å². The molecular formula is C60H56N2. The maximum absolute atomic E-state index is 3.92. The molecule has 0 spiro atoms. The lowest BCUT2D eigenvalue weighted by molar-refractivity contribution is 0.641. The molecule has 2 nitrogen and oxygen atoms in total. The van der Waals surface area contributed by atoms with Crippen LogP contribution in [0.2, 0.25) is 0 Å². The van der Waals surface area contributed by atoms with Gasteiger partial charge in [0.1, 0.15) is 0 Å². The van der Waals surface area contributed by atoms with E-state index in [2.05, 4.69) is 259 Å². The Kier molecular flexibility index (Phi) is 11.7. The van der Waals surface area contributed by atoms with Gasteiger partial charge in [-0.3, -0.25) is 0 Å². The van der Waals surface area contributed by atoms with Gasteiger partial charge in [-0.1, -0.05) is 174 Å². The number of nitrogens with zero attached hydrogens (tertiary/aromatic N) is 2. The second-order valence-electron chi connectivity index (χ2n) is 17.4. The molecule has 0 aromatic heterocycles. The molecule has 0 unspecified atom stereocenters. The minimum Gasteiger partial charge on any atom is -0.310 e. The van der Waals surface area contributed by atoms with Gasteiger partial charge in [0, 0.05) is 45.0 Å². The van der Waals surface area contributed by atoms with E-state index >= 15 is 0 Å². The summed E-state index contributed by atoms with van der Waals surface area (Å²) in [4.78, 5) is 4.69. The van der Waals surface area contributed by atoms with Crippen molar-refractivity contribution in [2.45, 2.75) is 52.4 Å². The average molecular weight is 805 g/mol. The van der Waals surface area contributed by atoms with Gasteiger partial charge in [0.05, 0.1) is 0 Å². The highest BCUT2D eigenvalue weighted by molar-refractivity contribution is 5.81. The summed E-state index contributed by atoms with van der Waals surface area (Å²) in [6.45, 7) is 21.3. The smallest absolute Gasteiger partial charge is 0.0464 e. The summed E-state index contributed by atoms with van der Waals surface area (Å²) in [5.74, 6) is 0. The van der Waals surface area contributed by atoms with Crippen LogP contribution in [0.4, 0.5) is 34.1 Å². The summed E-state index contributed by atoms with van der Waals surface area (Å²) in [5, 5.41) is 0. The van der Waals surface area contributed by atoms with Crippen molar-refractivity contribution < 1.29 is 0 Å². The van der Waals surface area contributed by atoms with Crippen molar-refractivity contribution in [3.05, 3.63) is 252 Å². The number of aryl methyl sites for hydroxylation is 2. The Bertz CT molecular complexity index is 2590. The van der Waals surface area contributed by atoms with Crippen LogP contribution in [-0.2, 0) is 10.8 Å². The first-order chi connectivity index (χ1) is 29.9. The van der Waals surface area contributed by atoms with Gasteiger partial charge in [-0.25, -0.2) is 0 Å². The molecule has 62 heavy (non-hydrogen) atoms. The number of hydrogen-bond acceptors (Lipinski definition) is 2. The molecule has 0 fully saturated rings. The summed E-state index contributed by atoms with van der Waals surface area (Å²) < 4.78 is 0. The average Bonchev–Trinajstić information content (AvgIpc) is 3.30. The third-order valence-corrected chi connectivity index (χ3v) is 12.5. The molecule has 8 rings (SSSR count). The van der Waals surface area contributed by atoms with Crippen LogP contribution < -0.4 is 9.80 Å². The SMILES string of the molecule is C=Cc1ccc(C(C)(C)c2ccc(N(c3ccc(-c4ccc(N(c5ccc(C(C)(C)c6ccc(C=C)cc6)cc5)c5cccc(C)c5)cc4)cc3)c3cccc(C)c3)cc2)cc1. The van der Waals surface area contributed by atoms with E-state index in [1.807, 2.05) is 12.2 Å². The molecule has 0 aliphatic heterocycles. The van der Waals surface area contributed by atoms with E-state index in [1.165, 1.54) is 44.5 Å². The van der Waals surface area contributed by atoms with Crippen molar-refractivity contribution in [3.8, 4) is 11.1 Å². The van der Waals surface area contributed by atoms with E-state index in [1.54, 1.807) is 0 Å². The van der Waals surface area contributed by atoms with Crippen molar-refractivity contribution in [2.24, 2.45) is 0 Å². The van der Waals surface area contributed by atoms with Gasteiger partial charge in [0.2, 0.25) is 0 Å². The number of benzene rings is 8. The van der Waals surface area contributed by atoms with Crippen LogP contribution in [0.3, 0.4) is 0 Å². The molecule has 0 saturated carbocycles. The molecule has 0 amide bonds. The van der Waals surface area contributed by atoms with Crippen LogP contribution in [0, 0.1) is 13.8 Å². The molecule has 0 heterocycles. The van der Waals surface area contributed by atoms with Gasteiger partial charge < -0.3 is 9.80 Å². The maximum atomic E-state index is 3.92. The molecule has 0 radical (unpaired) electrons. The molecule has 306 valence electrons. The standard InChI is InChI=1S/C60H56N2/c1-9-45-17-25-49(26-18-45)59(5,6)51-29-37-55(38-30-51)61(57-15-11-13-43(3)41-57)53-33-21-47(22-34-53)48-23-35-54(36-24-48)62(58-16-12-14-44(4)42-58)56-39-31-52(32-40-56)60(7,8)50-27-19-46(10-2)20-28-50/h9-42H,1-2H2,3-8H3.